The van der Waals surface area contributed by atoms with Crippen LogP contribution >= 0.6 is 15.9 Å². The Morgan fingerprint density at radius 2 is 2.15 bits per heavy atom. The molecule has 4 heteroatoms. The van der Waals surface area contributed by atoms with Crippen LogP contribution in [0.15, 0.2) is 24.3 Å². The number of nitrogens with zero attached hydrogens (tertiary/aromatic N) is 3. The van der Waals surface area contributed by atoms with Crippen molar-refractivity contribution in [1.29, 1.82) is 0 Å². The summed E-state index contributed by atoms with van der Waals surface area (Å²) in [6, 6.07) is 8.80. The fourth-order valence-corrected chi connectivity index (χ4v) is 3.61. The van der Waals surface area contributed by atoms with Crippen LogP contribution in [0.3, 0.4) is 0 Å². The minimum atomic E-state index is 0.409. The van der Waals surface area contributed by atoms with Gasteiger partial charge in [0.05, 0.1) is 5.33 Å². The molecule has 106 valence electrons. The van der Waals surface area contributed by atoms with Crippen LogP contribution in [0.4, 0.5) is 0 Å². The minimum absolute atomic E-state index is 0.409. The van der Waals surface area contributed by atoms with Gasteiger partial charge in [0.25, 0.3) is 0 Å². The van der Waals surface area contributed by atoms with Crippen LogP contribution in [0.2, 0.25) is 0 Å². The van der Waals surface area contributed by atoms with Crippen molar-refractivity contribution < 1.29 is 0 Å². The van der Waals surface area contributed by atoms with Crippen molar-refractivity contribution in [3.63, 3.8) is 0 Å². The van der Waals surface area contributed by atoms with Crippen molar-refractivity contribution in [3.8, 4) is 0 Å². The highest BCUT2D eigenvalue weighted by Crippen LogP contribution is 2.36. The Kier molecular flexibility index (Phi) is 4.20. The fraction of sp³-hybridized carbons (Fsp3) is 0.500. The minimum Gasteiger partial charge on any atom is -0.314 e. The van der Waals surface area contributed by atoms with E-state index in [2.05, 4.69) is 61.9 Å². The molecule has 3 rings (SSSR count). The van der Waals surface area contributed by atoms with E-state index in [9.17, 15) is 0 Å². The SMILES string of the molecule is CCCn1c(CBr)nnc1C1CCCc2ccccc21. The van der Waals surface area contributed by atoms with E-state index in [0.717, 1.165) is 29.9 Å². The molecule has 1 atom stereocenters. The molecule has 1 aliphatic rings. The number of benzene rings is 1. The molecule has 2 aromatic rings. The Labute approximate surface area is 128 Å². The van der Waals surface area contributed by atoms with Crippen LogP contribution in [-0.2, 0) is 18.3 Å². The smallest absolute Gasteiger partial charge is 0.143 e. The summed E-state index contributed by atoms with van der Waals surface area (Å²) in [5.74, 6) is 2.60. The predicted octanol–water partition coefficient (Wildman–Crippen LogP) is 4.05. The molecule has 1 heterocycles. The highest BCUT2D eigenvalue weighted by molar-refractivity contribution is 9.08. The highest BCUT2D eigenvalue weighted by Gasteiger charge is 2.26. The third-order valence-corrected chi connectivity index (χ3v) is 4.61. The van der Waals surface area contributed by atoms with Crippen LogP contribution in [0.5, 0.6) is 0 Å². The standard InChI is InChI=1S/C16H20BrN3/c1-2-10-20-15(11-17)18-19-16(20)14-9-5-7-12-6-3-4-8-13(12)14/h3-4,6,8,14H,2,5,7,9-11H2,1H3. The Morgan fingerprint density at radius 3 is 2.95 bits per heavy atom. The summed E-state index contributed by atoms with van der Waals surface area (Å²) in [4.78, 5) is 0. The molecular weight excluding hydrogens is 314 g/mol. The molecule has 0 fully saturated rings. The predicted molar refractivity (Wildman–Crippen MR) is 84.2 cm³/mol. The number of alkyl halides is 1. The first-order valence-electron chi connectivity index (χ1n) is 7.41. The number of aromatic nitrogens is 3. The Morgan fingerprint density at radius 1 is 1.30 bits per heavy atom. The van der Waals surface area contributed by atoms with Crippen LogP contribution in [-0.4, -0.2) is 14.8 Å². The molecule has 20 heavy (non-hydrogen) atoms. The maximum absolute atomic E-state index is 4.51. The number of rotatable bonds is 4. The first kappa shape index (κ1) is 13.8. The van der Waals surface area contributed by atoms with Crippen LogP contribution in [0.1, 0.15) is 54.9 Å². The van der Waals surface area contributed by atoms with Crippen molar-refractivity contribution >= 4 is 15.9 Å². The van der Waals surface area contributed by atoms with Crippen molar-refractivity contribution in [1.82, 2.24) is 14.8 Å². The summed E-state index contributed by atoms with van der Waals surface area (Å²) >= 11 is 3.52. The highest BCUT2D eigenvalue weighted by atomic mass is 79.9. The van der Waals surface area contributed by atoms with Crippen LogP contribution < -0.4 is 0 Å². The van der Waals surface area contributed by atoms with Crippen LogP contribution in [0, 0.1) is 0 Å². The average Bonchev–Trinajstić information content (AvgIpc) is 2.90. The van der Waals surface area contributed by atoms with Crippen LogP contribution in [0.25, 0.3) is 0 Å². The molecule has 0 saturated carbocycles. The molecule has 0 saturated heterocycles. The molecule has 1 unspecified atom stereocenters. The quantitative estimate of drug-likeness (QED) is 0.790. The van der Waals surface area contributed by atoms with Gasteiger partial charge in [0.1, 0.15) is 11.6 Å². The van der Waals surface area contributed by atoms with Gasteiger partial charge in [0.15, 0.2) is 0 Å². The van der Waals surface area contributed by atoms with E-state index in [0.29, 0.717) is 5.92 Å². The van der Waals surface area contributed by atoms with Gasteiger partial charge >= 0.3 is 0 Å². The summed E-state index contributed by atoms with van der Waals surface area (Å²) in [7, 11) is 0. The fourth-order valence-electron chi connectivity index (χ4n) is 3.20. The second kappa shape index (κ2) is 6.08. The number of hydrogen-bond acceptors (Lipinski definition) is 2. The topological polar surface area (TPSA) is 30.7 Å². The van der Waals surface area contributed by atoms with Crippen molar-refractivity contribution in [2.75, 3.05) is 0 Å². The van der Waals surface area contributed by atoms with E-state index < -0.39 is 0 Å². The monoisotopic (exact) mass is 333 g/mol. The molecular formula is C16H20BrN3. The number of hydrogen-bond donors (Lipinski definition) is 0. The van der Waals surface area contributed by atoms with Gasteiger partial charge in [-0.25, -0.2) is 0 Å². The molecule has 0 N–H and O–H groups in total. The zero-order valence-corrected chi connectivity index (χ0v) is 13.4. The van der Waals surface area contributed by atoms with Gasteiger partial charge in [-0.1, -0.05) is 47.1 Å². The van der Waals surface area contributed by atoms with E-state index in [1.165, 1.54) is 30.4 Å². The van der Waals surface area contributed by atoms with E-state index >= 15 is 0 Å². The van der Waals surface area contributed by atoms with Gasteiger partial charge in [-0.2, -0.15) is 0 Å². The molecule has 0 bridgehead atoms. The average molecular weight is 334 g/mol. The molecule has 3 nitrogen and oxygen atoms in total. The molecule has 0 spiro atoms. The second-order valence-electron chi connectivity index (χ2n) is 5.40. The van der Waals surface area contributed by atoms with Gasteiger partial charge in [0, 0.05) is 12.5 Å². The number of halogens is 1. The van der Waals surface area contributed by atoms with Gasteiger partial charge in [-0.05, 0) is 36.8 Å². The van der Waals surface area contributed by atoms with Gasteiger partial charge in [-0.15, -0.1) is 10.2 Å². The molecule has 0 radical (unpaired) electrons. The first-order chi connectivity index (χ1) is 9.85. The molecule has 0 aliphatic heterocycles. The Balaban J connectivity index is 2.04. The normalized spacial score (nSPS) is 18.0. The zero-order valence-electron chi connectivity index (χ0n) is 11.8. The maximum atomic E-state index is 4.51. The first-order valence-corrected chi connectivity index (χ1v) is 8.53. The lowest BCUT2D eigenvalue weighted by Crippen LogP contribution is -2.17. The van der Waals surface area contributed by atoms with E-state index in [1.54, 1.807) is 0 Å². The van der Waals surface area contributed by atoms with E-state index in [-0.39, 0.29) is 0 Å². The summed E-state index contributed by atoms with van der Waals surface area (Å²) in [6.07, 6.45) is 4.73. The van der Waals surface area contributed by atoms with E-state index in [4.69, 9.17) is 0 Å². The zero-order chi connectivity index (χ0) is 13.9. The third kappa shape index (κ3) is 2.41. The van der Waals surface area contributed by atoms with Gasteiger partial charge in [0.2, 0.25) is 0 Å². The maximum Gasteiger partial charge on any atom is 0.143 e. The molecule has 1 aromatic carbocycles. The van der Waals surface area contributed by atoms with Gasteiger partial charge in [-0.3, -0.25) is 0 Å². The lowest BCUT2D eigenvalue weighted by atomic mass is 9.82. The van der Waals surface area contributed by atoms with Crippen molar-refractivity contribution in [3.05, 3.63) is 47.0 Å². The summed E-state index contributed by atoms with van der Waals surface area (Å²) in [6.45, 7) is 3.21. The second-order valence-corrected chi connectivity index (χ2v) is 5.96. The van der Waals surface area contributed by atoms with E-state index in [1.807, 2.05) is 0 Å². The molecule has 1 aromatic heterocycles. The van der Waals surface area contributed by atoms with Crippen molar-refractivity contribution in [2.45, 2.75) is 50.4 Å². The lowest BCUT2D eigenvalue weighted by molar-refractivity contribution is 0.539. The third-order valence-electron chi connectivity index (χ3n) is 4.10. The summed E-state index contributed by atoms with van der Waals surface area (Å²) < 4.78 is 2.31. The number of fused-ring (bicyclic) bond motifs is 1. The Bertz CT molecular complexity index is 591. The summed E-state index contributed by atoms with van der Waals surface area (Å²) in [5.41, 5.74) is 2.93. The number of aryl methyl sites for hydroxylation is 1. The Hall–Kier alpha value is -1.16. The van der Waals surface area contributed by atoms with Crippen molar-refractivity contribution in [2.24, 2.45) is 0 Å². The molecule has 0 amide bonds. The summed E-state index contributed by atoms with van der Waals surface area (Å²) in [5, 5.41) is 9.65. The largest absolute Gasteiger partial charge is 0.314 e. The lowest BCUT2D eigenvalue weighted by Gasteiger charge is -2.25. The van der Waals surface area contributed by atoms with Gasteiger partial charge < -0.3 is 4.57 Å². The molecule has 1 aliphatic carbocycles.